The number of aryl methyl sites for hydroxylation is 1. The van der Waals surface area contributed by atoms with E-state index in [0.717, 1.165) is 23.5 Å². The van der Waals surface area contributed by atoms with Crippen molar-refractivity contribution in [3.8, 4) is 5.69 Å². The molecule has 2 heterocycles. The molecule has 19 heavy (non-hydrogen) atoms. The Morgan fingerprint density at radius 2 is 2.26 bits per heavy atom. The third-order valence-electron chi connectivity index (χ3n) is 2.87. The molecule has 0 amide bonds. The van der Waals surface area contributed by atoms with Gasteiger partial charge in [-0.1, -0.05) is 0 Å². The number of rotatable bonds is 4. The normalized spacial score (nSPS) is 10.6. The average Bonchev–Trinajstić information content (AvgIpc) is 3.10. The second-order valence-electron chi connectivity index (χ2n) is 4.24. The molecular formula is C13H13N5S. The van der Waals surface area contributed by atoms with Crippen molar-refractivity contribution in [2.45, 2.75) is 13.5 Å². The molecule has 3 rings (SSSR count). The minimum absolute atomic E-state index is 0.840. The van der Waals surface area contributed by atoms with Gasteiger partial charge < -0.3 is 5.32 Å². The van der Waals surface area contributed by atoms with E-state index in [2.05, 4.69) is 43.7 Å². The summed E-state index contributed by atoms with van der Waals surface area (Å²) in [5.41, 5.74) is 4.52. The van der Waals surface area contributed by atoms with E-state index in [0.29, 0.717) is 0 Å². The first-order chi connectivity index (χ1) is 9.33. The summed E-state index contributed by atoms with van der Waals surface area (Å²) in [5, 5.41) is 18.8. The summed E-state index contributed by atoms with van der Waals surface area (Å²) in [6, 6.07) is 8.28. The van der Waals surface area contributed by atoms with Crippen LogP contribution in [0, 0.1) is 6.92 Å². The highest BCUT2D eigenvalue weighted by Crippen LogP contribution is 2.18. The van der Waals surface area contributed by atoms with Crippen LogP contribution in [0.1, 0.15) is 11.1 Å². The Labute approximate surface area is 114 Å². The van der Waals surface area contributed by atoms with Crippen molar-refractivity contribution >= 4 is 17.0 Å². The van der Waals surface area contributed by atoms with Crippen LogP contribution >= 0.6 is 11.3 Å². The fourth-order valence-corrected chi connectivity index (χ4v) is 2.56. The lowest BCUT2D eigenvalue weighted by molar-refractivity contribution is 0.785. The summed E-state index contributed by atoms with van der Waals surface area (Å²) in [6.07, 6.45) is 1.60. The van der Waals surface area contributed by atoms with Crippen LogP contribution in [0.25, 0.3) is 5.69 Å². The molecule has 0 bridgehead atoms. The first-order valence-electron chi connectivity index (χ1n) is 5.92. The maximum atomic E-state index is 3.90. The van der Waals surface area contributed by atoms with Crippen molar-refractivity contribution in [2.24, 2.45) is 0 Å². The molecule has 1 N–H and O–H groups in total. The van der Waals surface area contributed by atoms with Gasteiger partial charge in [0.2, 0.25) is 0 Å². The second kappa shape index (κ2) is 5.19. The number of nitrogens with one attached hydrogen (secondary N) is 1. The number of aromatic nitrogens is 4. The molecule has 0 saturated carbocycles. The van der Waals surface area contributed by atoms with Gasteiger partial charge in [-0.05, 0) is 63.5 Å². The van der Waals surface area contributed by atoms with Crippen LogP contribution < -0.4 is 5.32 Å². The molecule has 0 unspecified atom stereocenters. The van der Waals surface area contributed by atoms with Crippen LogP contribution in [-0.2, 0) is 6.54 Å². The second-order valence-corrected chi connectivity index (χ2v) is 5.02. The molecule has 5 nitrogen and oxygen atoms in total. The van der Waals surface area contributed by atoms with Crippen LogP contribution in [-0.4, -0.2) is 20.2 Å². The van der Waals surface area contributed by atoms with Gasteiger partial charge in [0.15, 0.2) is 0 Å². The van der Waals surface area contributed by atoms with Crippen molar-refractivity contribution in [2.75, 3.05) is 5.32 Å². The highest BCUT2D eigenvalue weighted by molar-refractivity contribution is 7.07. The summed E-state index contributed by atoms with van der Waals surface area (Å²) in [6.45, 7) is 2.89. The van der Waals surface area contributed by atoms with Gasteiger partial charge in [-0.25, -0.2) is 4.68 Å². The third-order valence-corrected chi connectivity index (χ3v) is 3.60. The first-order valence-corrected chi connectivity index (χ1v) is 6.86. The zero-order valence-corrected chi connectivity index (χ0v) is 11.3. The molecule has 0 aliphatic heterocycles. The maximum Gasteiger partial charge on any atom is 0.143 e. The van der Waals surface area contributed by atoms with Crippen molar-refractivity contribution in [3.05, 3.63) is 52.5 Å². The monoisotopic (exact) mass is 271 g/mol. The van der Waals surface area contributed by atoms with E-state index < -0.39 is 0 Å². The topological polar surface area (TPSA) is 55.6 Å². The molecule has 3 aromatic rings. The van der Waals surface area contributed by atoms with E-state index in [1.54, 1.807) is 22.3 Å². The zero-order chi connectivity index (χ0) is 13.1. The smallest absolute Gasteiger partial charge is 0.143 e. The summed E-state index contributed by atoms with van der Waals surface area (Å²) in [7, 11) is 0. The number of nitrogens with zero attached hydrogens (tertiary/aromatic N) is 4. The summed E-state index contributed by atoms with van der Waals surface area (Å²) in [5.74, 6) is 0. The van der Waals surface area contributed by atoms with E-state index in [1.807, 2.05) is 19.1 Å². The fourth-order valence-electron chi connectivity index (χ4n) is 1.89. The zero-order valence-electron chi connectivity index (χ0n) is 10.4. The van der Waals surface area contributed by atoms with Crippen LogP contribution in [0.5, 0.6) is 0 Å². The summed E-state index contributed by atoms with van der Waals surface area (Å²) in [4.78, 5) is 0. The van der Waals surface area contributed by atoms with E-state index in [1.165, 1.54) is 5.56 Å². The minimum atomic E-state index is 0.840. The summed E-state index contributed by atoms with van der Waals surface area (Å²) >= 11 is 1.71. The summed E-state index contributed by atoms with van der Waals surface area (Å²) < 4.78 is 1.66. The lowest BCUT2D eigenvalue weighted by Crippen LogP contribution is -2.01. The van der Waals surface area contributed by atoms with E-state index in [-0.39, 0.29) is 0 Å². The maximum absolute atomic E-state index is 3.90. The predicted octanol–water partition coefficient (Wildman–Crippen LogP) is 2.64. The third kappa shape index (κ3) is 2.63. The van der Waals surface area contributed by atoms with Crippen LogP contribution in [0.2, 0.25) is 0 Å². The van der Waals surface area contributed by atoms with Crippen LogP contribution in [0.3, 0.4) is 0 Å². The fraction of sp³-hybridized carbons (Fsp3) is 0.154. The molecule has 0 spiro atoms. The number of benzene rings is 1. The Kier molecular flexibility index (Phi) is 3.24. The lowest BCUT2D eigenvalue weighted by atomic mass is 10.1. The van der Waals surface area contributed by atoms with Gasteiger partial charge in [0.1, 0.15) is 6.33 Å². The number of hydrogen-bond donors (Lipinski definition) is 1. The number of thiophene rings is 1. The highest BCUT2D eigenvalue weighted by atomic mass is 32.1. The van der Waals surface area contributed by atoms with Crippen LogP contribution in [0.4, 0.5) is 5.69 Å². The lowest BCUT2D eigenvalue weighted by Gasteiger charge is -2.09. The number of tetrazole rings is 1. The minimum Gasteiger partial charge on any atom is -0.381 e. The molecule has 1 aromatic carbocycles. The Balaban J connectivity index is 1.76. The van der Waals surface area contributed by atoms with Gasteiger partial charge in [0.25, 0.3) is 0 Å². The molecule has 0 atom stereocenters. The van der Waals surface area contributed by atoms with Crippen molar-refractivity contribution in [3.63, 3.8) is 0 Å². The number of hydrogen-bond acceptors (Lipinski definition) is 5. The van der Waals surface area contributed by atoms with E-state index in [9.17, 15) is 0 Å². The van der Waals surface area contributed by atoms with Gasteiger partial charge in [0.05, 0.1) is 5.69 Å². The van der Waals surface area contributed by atoms with E-state index in [4.69, 9.17) is 0 Å². The standard InChI is InChI=1S/C13H13N5S/c1-10-6-12(14-7-11-4-5-19-8-11)2-3-13(10)18-9-15-16-17-18/h2-6,8-9,14H,7H2,1H3. The highest BCUT2D eigenvalue weighted by Gasteiger charge is 2.03. The quantitative estimate of drug-likeness (QED) is 0.792. The molecule has 0 aliphatic carbocycles. The van der Waals surface area contributed by atoms with Gasteiger partial charge in [0, 0.05) is 12.2 Å². The number of anilines is 1. The first kappa shape index (κ1) is 11.9. The predicted molar refractivity (Wildman–Crippen MR) is 75.5 cm³/mol. The molecular weight excluding hydrogens is 258 g/mol. The van der Waals surface area contributed by atoms with Gasteiger partial charge >= 0.3 is 0 Å². The van der Waals surface area contributed by atoms with Gasteiger partial charge in [-0.2, -0.15) is 11.3 Å². The molecule has 0 saturated heterocycles. The molecule has 96 valence electrons. The van der Waals surface area contributed by atoms with Crippen molar-refractivity contribution < 1.29 is 0 Å². The average molecular weight is 271 g/mol. The molecule has 2 aromatic heterocycles. The van der Waals surface area contributed by atoms with Gasteiger partial charge in [-0.15, -0.1) is 5.10 Å². The molecule has 6 heteroatoms. The largest absolute Gasteiger partial charge is 0.381 e. The van der Waals surface area contributed by atoms with Crippen LogP contribution in [0.15, 0.2) is 41.4 Å². The van der Waals surface area contributed by atoms with Crippen molar-refractivity contribution in [1.29, 1.82) is 0 Å². The van der Waals surface area contributed by atoms with E-state index >= 15 is 0 Å². The van der Waals surface area contributed by atoms with Crippen molar-refractivity contribution in [1.82, 2.24) is 20.2 Å². The Hall–Kier alpha value is -2.21. The van der Waals surface area contributed by atoms with Gasteiger partial charge in [-0.3, -0.25) is 0 Å². The Morgan fingerprint density at radius 3 is 2.95 bits per heavy atom. The Morgan fingerprint density at radius 1 is 1.32 bits per heavy atom. The molecule has 0 fully saturated rings. The molecule has 0 aliphatic rings. The Bertz CT molecular complexity index is 646. The molecule has 0 radical (unpaired) electrons. The SMILES string of the molecule is Cc1cc(NCc2ccsc2)ccc1-n1cnnn1.